The van der Waals surface area contributed by atoms with Crippen LogP contribution in [0.3, 0.4) is 0 Å². The van der Waals surface area contributed by atoms with E-state index in [-0.39, 0.29) is 6.54 Å². The summed E-state index contributed by atoms with van der Waals surface area (Å²) < 4.78 is 25.2. The summed E-state index contributed by atoms with van der Waals surface area (Å²) in [5.41, 5.74) is 0. The van der Waals surface area contributed by atoms with Gasteiger partial charge in [0.05, 0.1) is 12.6 Å². The predicted octanol–water partition coefficient (Wildman–Crippen LogP) is 0.409. The summed E-state index contributed by atoms with van der Waals surface area (Å²) in [5, 5.41) is 17.0. The second-order valence-electron chi connectivity index (χ2n) is 3.39. The zero-order valence-corrected chi connectivity index (χ0v) is 8.20. The number of hydrogen-bond donors (Lipinski definition) is 2. The lowest BCUT2D eigenvalue weighted by Gasteiger charge is -2.21. The van der Waals surface area contributed by atoms with Crippen LogP contribution in [-0.4, -0.2) is 53.2 Å². The third-order valence-corrected chi connectivity index (χ3v) is 1.71. The minimum Gasteiger partial charge on any atom is -0.477 e. The highest BCUT2D eigenvalue weighted by molar-refractivity contribution is 5.75. The summed E-state index contributed by atoms with van der Waals surface area (Å²) in [6, 6.07) is 0. The molecule has 0 aromatic heterocycles. The molecule has 0 fully saturated rings. The average Bonchev–Trinajstić information content (AvgIpc) is 1.99. The highest BCUT2D eigenvalue weighted by atomic mass is 19.3. The number of carboxylic acid groups (broad SMARTS) is 1. The molecule has 0 aliphatic carbocycles. The van der Waals surface area contributed by atoms with Crippen molar-refractivity contribution in [3.8, 4) is 0 Å². The third kappa shape index (κ3) is 5.08. The SMILES string of the molecule is CC(O)CCN(C)CC(F)(F)C(=O)O. The number of halogens is 2. The molecule has 0 saturated carbocycles. The van der Waals surface area contributed by atoms with Crippen LogP contribution in [0, 0.1) is 0 Å². The molecule has 0 rings (SSSR count). The first-order chi connectivity index (χ1) is 6.25. The van der Waals surface area contributed by atoms with Crippen LogP contribution in [-0.2, 0) is 4.79 Å². The van der Waals surface area contributed by atoms with Gasteiger partial charge in [-0.2, -0.15) is 8.78 Å². The van der Waals surface area contributed by atoms with Crippen molar-refractivity contribution in [1.29, 1.82) is 0 Å². The third-order valence-electron chi connectivity index (χ3n) is 1.71. The number of hydrogen-bond acceptors (Lipinski definition) is 3. The van der Waals surface area contributed by atoms with Gasteiger partial charge in [-0.1, -0.05) is 0 Å². The molecule has 0 aromatic carbocycles. The van der Waals surface area contributed by atoms with Gasteiger partial charge >= 0.3 is 11.9 Å². The molecular weight excluding hydrogens is 196 g/mol. The van der Waals surface area contributed by atoms with E-state index in [1.54, 1.807) is 6.92 Å². The molecule has 0 aromatic rings. The Morgan fingerprint density at radius 2 is 2.07 bits per heavy atom. The fourth-order valence-corrected chi connectivity index (χ4v) is 0.893. The van der Waals surface area contributed by atoms with Crippen LogP contribution in [0.15, 0.2) is 0 Å². The van der Waals surface area contributed by atoms with Gasteiger partial charge in [-0.25, -0.2) is 4.79 Å². The molecule has 0 bridgehead atoms. The second kappa shape index (κ2) is 5.21. The van der Waals surface area contributed by atoms with E-state index in [4.69, 9.17) is 10.2 Å². The number of nitrogens with zero attached hydrogens (tertiary/aromatic N) is 1. The smallest absolute Gasteiger partial charge is 0.375 e. The maximum atomic E-state index is 12.6. The Bertz CT molecular complexity index is 197. The van der Waals surface area contributed by atoms with E-state index in [0.717, 1.165) is 0 Å². The van der Waals surface area contributed by atoms with E-state index in [1.807, 2.05) is 0 Å². The molecule has 14 heavy (non-hydrogen) atoms. The molecule has 4 nitrogen and oxygen atoms in total. The fraction of sp³-hybridized carbons (Fsp3) is 0.875. The van der Waals surface area contributed by atoms with E-state index in [9.17, 15) is 13.6 Å². The van der Waals surface area contributed by atoms with E-state index in [2.05, 4.69) is 0 Å². The Morgan fingerprint density at radius 3 is 2.43 bits per heavy atom. The maximum absolute atomic E-state index is 12.6. The minimum atomic E-state index is -3.73. The van der Waals surface area contributed by atoms with Gasteiger partial charge in [-0.15, -0.1) is 0 Å². The summed E-state index contributed by atoms with van der Waals surface area (Å²) in [7, 11) is 1.39. The quantitative estimate of drug-likeness (QED) is 0.668. The lowest BCUT2D eigenvalue weighted by Crippen LogP contribution is -2.41. The number of alkyl halides is 2. The molecule has 0 heterocycles. The lowest BCUT2D eigenvalue weighted by atomic mass is 10.2. The van der Waals surface area contributed by atoms with Gasteiger partial charge in [-0.3, -0.25) is 4.90 Å². The molecule has 84 valence electrons. The Balaban J connectivity index is 3.93. The van der Waals surface area contributed by atoms with Crippen molar-refractivity contribution in [3.63, 3.8) is 0 Å². The van der Waals surface area contributed by atoms with Crippen molar-refractivity contribution < 1.29 is 23.8 Å². The maximum Gasteiger partial charge on any atom is 0.375 e. The first kappa shape index (κ1) is 13.2. The van der Waals surface area contributed by atoms with Crippen molar-refractivity contribution in [2.45, 2.75) is 25.4 Å². The Morgan fingerprint density at radius 1 is 1.57 bits per heavy atom. The molecule has 1 atom stereocenters. The van der Waals surface area contributed by atoms with Crippen LogP contribution < -0.4 is 0 Å². The van der Waals surface area contributed by atoms with Gasteiger partial charge in [0.15, 0.2) is 0 Å². The molecule has 1 unspecified atom stereocenters. The Hall–Kier alpha value is -0.750. The lowest BCUT2D eigenvalue weighted by molar-refractivity contribution is -0.167. The molecule has 2 N–H and O–H groups in total. The average molecular weight is 211 g/mol. The summed E-state index contributed by atoms with van der Waals surface area (Å²) in [6.07, 6.45) is -0.234. The monoisotopic (exact) mass is 211 g/mol. The first-order valence-electron chi connectivity index (χ1n) is 4.23. The van der Waals surface area contributed by atoms with Gasteiger partial charge in [0.1, 0.15) is 0 Å². The zero-order chi connectivity index (χ0) is 11.4. The van der Waals surface area contributed by atoms with E-state index < -0.39 is 24.5 Å². The number of aliphatic hydroxyl groups excluding tert-OH is 1. The highest BCUT2D eigenvalue weighted by Gasteiger charge is 2.39. The van der Waals surface area contributed by atoms with Gasteiger partial charge in [0.25, 0.3) is 0 Å². The topological polar surface area (TPSA) is 60.8 Å². The van der Waals surface area contributed by atoms with Gasteiger partial charge < -0.3 is 10.2 Å². The fourth-order valence-electron chi connectivity index (χ4n) is 0.893. The number of carbonyl (C=O) groups is 1. The molecule has 0 spiro atoms. The molecule has 0 radical (unpaired) electrons. The van der Waals surface area contributed by atoms with Crippen molar-refractivity contribution >= 4 is 5.97 Å². The van der Waals surface area contributed by atoms with Gasteiger partial charge in [0.2, 0.25) is 0 Å². The summed E-state index contributed by atoms with van der Waals surface area (Å²) in [6.45, 7) is 0.943. The van der Waals surface area contributed by atoms with Crippen LogP contribution in [0.2, 0.25) is 0 Å². The van der Waals surface area contributed by atoms with Gasteiger partial charge in [0, 0.05) is 6.54 Å². The van der Waals surface area contributed by atoms with Crippen LogP contribution in [0.5, 0.6) is 0 Å². The number of aliphatic hydroxyl groups is 1. The Kier molecular flexibility index (Phi) is 4.93. The van der Waals surface area contributed by atoms with Crippen LogP contribution in [0.1, 0.15) is 13.3 Å². The first-order valence-corrected chi connectivity index (χ1v) is 4.23. The predicted molar refractivity (Wildman–Crippen MR) is 46.4 cm³/mol. The van der Waals surface area contributed by atoms with Crippen molar-refractivity contribution in [1.82, 2.24) is 4.90 Å². The standard InChI is InChI=1S/C8H15F2NO3/c1-6(12)3-4-11(2)5-8(9,10)7(13)14/h6,12H,3-5H2,1-2H3,(H,13,14). The van der Waals surface area contributed by atoms with Crippen molar-refractivity contribution in [3.05, 3.63) is 0 Å². The minimum absolute atomic E-state index is 0.237. The van der Waals surface area contributed by atoms with E-state index in [1.165, 1.54) is 11.9 Å². The summed E-state index contributed by atoms with van der Waals surface area (Å²) in [4.78, 5) is 11.2. The second-order valence-corrected chi connectivity index (χ2v) is 3.39. The summed E-state index contributed by atoms with van der Waals surface area (Å²) >= 11 is 0. The van der Waals surface area contributed by atoms with Crippen LogP contribution >= 0.6 is 0 Å². The van der Waals surface area contributed by atoms with Crippen LogP contribution in [0.4, 0.5) is 8.78 Å². The molecule has 0 aliphatic heterocycles. The van der Waals surface area contributed by atoms with Crippen molar-refractivity contribution in [2.75, 3.05) is 20.1 Å². The molecule has 0 saturated heterocycles. The number of carboxylic acids is 1. The van der Waals surface area contributed by atoms with E-state index in [0.29, 0.717) is 6.42 Å². The Labute approximate surface area is 81.1 Å². The van der Waals surface area contributed by atoms with E-state index >= 15 is 0 Å². The van der Waals surface area contributed by atoms with Crippen LogP contribution in [0.25, 0.3) is 0 Å². The van der Waals surface area contributed by atoms with Crippen molar-refractivity contribution in [2.24, 2.45) is 0 Å². The number of aliphatic carboxylic acids is 1. The molecule has 6 heteroatoms. The molecular formula is C8H15F2NO3. The zero-order valence-electron chi connectivity index (χ0n) is 8.20. The summed E-state index contributed by atoms with van der Waals surface area (Å²) in [5.74, 6) is -5.85. The highest BCUT2D eigenvalue weighted by Crippen LogP contribution is 2.14. The largest absolute Gasteiger partial charge is 0.477 e. The van der Waals surface area contributed by atoms with Gasteiger partial charge in [-0.05, 0) is 20.4 Å². The molecule has 0 amide bonds. The normalized spacial score (nSPS) is 14.4. The number of rotatable bonds is 6. The molecule has 0 aliphatic rings.